The molecule has 1 unspecified atom stereocenters. The summed E-state index contributed by atoms with van der Waals surface area (Å²) < 4.78 is 18.5. The van der Waals surface area contributed by atoms with Crippen molar-refractivity contribution in [3.8, 4) is 5.75 Å². The van der Waals surface area contributed by atoms with Crippen molar-refractivity contribution in [1.82, 2.24) is 0 Å². The number of benzene rings is 1. The molecule has 0 radical (unpaired) electrons. The minimum atomic E-state index is -1.12. The third kappa shape index (κ3) is 2.46. The number of nitrogens with two attached hydrogens (primary N) is 2. The fourth-order valence-corrected chi connectivity index (χ4v) is 1.96. The minimum Gasteiger partial charge on any atom is -0.491 e. The molecule has 2 rings (SSSR count). The fourth-order valence-electron chi connectivity index (χ4n) is 1.96. The summed E-state index contributed by atoms with van der Waals surface area (Å²) in [5, 5.41) is 0. The van der Waals surface area contributed by atoms with Crippen molar-refractivity contribution in [2.75, 3.05) is 6.61 Å². The van der Waals surface area contributed by atoms with Crippen molar-refractivity contribution in [3.63, 3.8) is 0 Å². The lowest BCUT2D eigenvalue weighted by atomic mass is 9.95. The standard InChI is InChI=1S/C13H17FN2O2/c1-8-6-10(14)4-5-11(8)18-7-13(16,12(15)17)9-2-3-9/h4-6,9H,2-3,7,16H2,1H3,(H2,15,17). The molecule has 1 saturated carbocycles. The Morgan fingerprint density at radius 3 is 2.72 bits per heavy atom. The van der Waals surface area contributed by atoms with E-state index in [9.17, 15) is 9.18 Å². The Hall–Kier alpha value is -1.62. The van der Waals surface area contributed by atoms with E-state index in [-0.39, 0.29) is 18.3 Å². The molecule has 1 aromatic carbocycles. The lowest BCUT2D eigenvalue weighted by molar-refractivity contribution is -0.125. The first-order valence-corrected chi connectivity index (χ1v) is 5.91. The van der Waals surface area contributed by atoms with Crippen LogP contribution in [0.5, 0.6) is 5.75 Å². The molecule has 1 atom stereocenters. The van der Waals surface area contributed by atoms with Crippen molar-refractivity contribution in [1.29, 1.82) is 0 Å². The summed E-state index contributed by atoms with van der Waals surface area (Å²) >= 11 is 0. The van der Waals surface area contributed by atoms with Crippen LogP contribution < -0.4 is 16.2 Å². The van der Waals surface area contributed by atoms with Crippen LogP contribution in [0.1, 0.15) is 18.4 Å². The largest absolute Gasteiger partial charge is 0.491 e. The van der Waals surface area contributed by atoms with Gasteiger partial charge in [-0.1, -0.05) is 0 Å². The first-order valence-electron chi connectivity index (χ1n) is 5.91. The molecule has 98 valence electrons. The second kappa shape index (κ2) is 4.57. The normalized spacial score (nSPS) is 18.2. The molecule has 0 aromatic heterocycles. The van der Waals surface area contributed by atoms with Crippen LogP contribution in [-0.2, 0) is 4.79 Å². The summed E-state index contributed by atoms with van der Waals surface area (Å²) in [6, 6.07) is 4.20. The zero-order valence-corrected chi connectivity index (χ0v) is 10.3. The van der Waals surface area contributed by atoms with E-state index in [1.807, 2.05) is 0 Å². The van der Waals surface area contributed by atoms with Gasteiger partial charge in [-0.2, -0.15) is 0 Å². The number of carbonyl (C=O) groups excluding carboxylic acids is 1. The van der Waals surface area contributed by atoms with Gasteiger partial charge in [-0.25, -0.2) is 4.39 Å². The number of primary amides is 1. The van der Waals surface area contributed by atoms with Gasteiger partial charge in [-0.15, -0.1) is 0 Å². The first kappa shape index (κ1) is 12.8. The van der Waals surface area contributed by atoms with Gasteiger partial charge in [0.05, 0.1) is 0 Å². The summed E-state index contributed by atoms with van der Waals surface area (Å²) in [5.41, 5.74) is 10.9. The monoisotopic (exact) mass is 252 g/mol. The molecule has 1 aliphatic rings. The van der Waals surface area contributed by atoms with Crippen molar-refractivity contribution in [2.24, 2.45) is 17.4 Å². The van der Waals surface area contributed by atoms with E-state index in [4.69, 9.17) is 16.2 Å². The van der Waals surface area contributed by atoms with Crippen LogP contribution in [0.3, 0.4) is 0 Å². The van der Waals surface area contributed by atoms with Gasteiger partial charge in [0.25, 0.3) is 0 Å². The zero-order valence-electron chi connectivity index (χ0n) is 10.3. The average molecular weight is 252 g/mol. The molecule has 0 heterocycles. The predicted molar refractivity (Wildman–Crippen MR) is 65.5 cm³/mol. The van der Waals surface area contributed by atoms with Crippen LogP contribution in [0.15, 0.2) is 18.2 Å². The Labute approximate surface area is 105 Å². The molecular formula is C13H17FN2O2. The molecule has 1 amide bonds. The highest BCUT2D eigenvalue weighted by atomic mass is 19.1. The lowest BCUT2D eigenvalue weighted by Crippen LogP contribution is -2.58. The van der Waals surface area contributed by atoms with Crippen molar-refractivity contribution < 1.29 is 13.9 Å². The van der Waals surface area contributed by atoms with E-state index < -0.39 is 11.4 Å². The van der Waals surface area contributed by atoms with Crippen LogP contribution in [0, 0.1) is 18.7 Å². The van der Waals surface area contributed by atoms with Gasteiger partial charge in [0.1, 0.15) is 23.7 Å². The lowest BCUT2D eigenvalue weighted by Gasteiger charge is -2.26. The number of hydrogen-bond acceptors (Lipinski definition) is 3. The quantitative estimate of drug-likeness (QED) is 0.823. The van der Waals surface area contributed by atoms with Crippen molar-refractivity contribution in [3.05, 3.63) is 29.6 Å². The Balaban J connectivity index is 2.08. The van der Waals surface area contributed by atoms with Crippen LogP contribution in [-0.4, -0.2) is 18.1 Å². The van der Waals surface area contributed by atoms with E-state index in [2.05, 4.69) is 0 Å². The molecule has 0 aliphatic heterocycles. The highest BCUT2D eigenvalue weighted by Crippen LogP contribution is 2.38. The fraction of sp³-hybridized carbons (Fsp3) is 0.462. The Morgan fingerprint density at radius 2 is 2.22 bits per heavy atom. The molecule has 4 N–H and O–H groups in total. The topological polar surface area (TPSA) is 78.3 Å². The van der Waals surface area contributed by atoms with E-state index in [1.54, 1.807) is 6.92 Å². The van der Waals surface area contributed by atoms with Crippen LogP contribution >= 0.6 is 0 Å². The molecular weight excluding hydrogens is 235 g/mol. The molecule has 4 nitrogen and oxygen atoms in total. The van der Waals surface area contributed by atoms with Gasteiger partial charge < -0.3 is 16.2 Å². The predicted octanol–water partition coefficient (Wildman–Crippen LogP) is 1.11. The van der Waals surface area contributed by atoms with E-state index in [0.29, 0.717) is 11.3 Å². The Bertz CT molecular complexity index is 474. The summed E-state index contributed by atoms with van der Waals surface area (Å²) in [7, 11) is 0. The average Bonchev–Trinajstić information content (AvgIpc) is 3.11. The molecule has 1 aromatic rings. The summed E-state index contributed by atoms with van der Waals surface area (Å²) in [6.45, 7) is 1.76. The highest BCUT2D eigenvalue weighted by Gasteiger charge is 2.47. The maximum absolute atomic E-state index is 12.9. The second-order valence-electron chi connectivity index (χ2n) is 4.88. The van der Waals surface area contributed by atoms with E-state index in [0.717, 1.165) is 12.8 Å². The molecule has 18 heavy (non-hydrogen) atoms. The van der Waals surface area contributed by atoms with Crippen LogP contribution in [0.2, 0.25) is 0 Å². The van der Waals surface area contributed by atoms with Gasteiger partial charge in [-0.05, 0) is 49.4 Å². The number of carbonyl (C=O) groups is 1. The van der Waals surface area contributed by atoms with E-state index in [1.165, 1.54) is 18.2 Å². The van der Waals surface area contributed by atoms with Gasteiger partial charge >= 0.3 is 0 Å². The minimum absolute atomic E-state index is 0.0273. The Morgan fingerprint density at radius 1 is 1.56 bits per heavy atom. The zero-order chi connectivity index (χ0) is 13.3. The van der Waals surface area contributed by atoms with Crippen molar-refractivity contribution in [2.45, 2.75) is 25.3 Å². The maximum atomic E-state index is 12.9. The van der Waals surface area contributed by atoms with Crippen LogP contribution in [0.25, 0.3) is 0 Å². The third-order valence-corrected chi connectivity index (χ3v) is 3.37. The molecule has 0 spiro atoms. The van der Waals surface area contributed by atoms with Gasteiger partial charge in [0.2, 0.25) is 5.91 Å². The molecule has 1 aliphatic carbocycles. The number of halogens is 1. The second-order valence-corrected chi connectivity index (χ2v) is 4.88. The SMILES string of the molecule is Cc1cc(F)ccc1OCC(N)(C(N)=O)C1CC1. The number of aryl methyl sites for hydroxylation is 1. The smallest absolute Gasteiger partial charge is 0.241 e. The molecule has 1 fully saturated rings. The van der Waals surface area contributed by atoms with Gasteiger partial charge in [0.15, 0.2) is 0 Å². The summed E-state index contributed by atoms with van der Waals surface area (Å²) in [4.78, 5) is 11.4. The number of ether oxygens (including phenoxy) is 1. The molecule has 0 saturated heterocycles. The van der Waals surface area contributed by atoms with Crippen molar-refractivity contribution >= 4 is 5.91 Å². The molecule has 0 bridgehead atoms. The summed E-state index contributed by atoms with van der Waals surface area (Å²) in [6.07, 6.45) is 1.79. The number of rotatable bonds is 5. The first-order chi connectivity index (χ1) is 8.43. The number of hydrogen-bond donors (Lipinski definition) is 2. The Kier molecular flexibility index (Phi) is 3.26. The van der Waals surface area contributed by atoms with Gasteiger partial charge in [-0.3, -0.25) is 4.79 Å². The van der Waals surface area contributed by atoms with Gasteiger partial charge in [0, 0.05) is 0 Å². The third-order valence-electron chi connectivity index (χ3n) is 3.37. The van der Waals surface area contributed by atoms with E-state index >= 15 is 0 Å². The van der Waals surface area contributed by atoms with Crippen LogP contribution in [0.4, 0.5) is 4.39 Å². The highest BCUT2D eigenvalue weighted by molar-refractivity contribution is 5.85. The molecule has 5 heteroatoms. The maximum Gasteiger partial charge on any atom is 0.241 e. The summed E-state index contributed by atoms with van der Waals surface area (Å²) in [5.74, 6) is -0.260. The number of amides is 1.